The lowest BCUT2D eigenvalue weighted by Crippen LogP contribution is -2.57. The summed E-state index contributed by atoms with van der Waals surface area (Å²) in [6.07, 6.45) is 0.587. The highest BCUT2D eigenvalue weighted by Crippen LogP contribution is 2.41. The topological polar surface area (TPSA) is 45.1 Å². The minimum absolute atomic E-state index is 0.0655. The number of aliphatic hydroxyl groups is 1. The molecule has 1 aromatic heterocycles. The average Bonchev–Trinajstić information content (AvgIpc) is 2.17. The van der Waals surface area contributed by atoms with Gasteiger partial charge >= 0.3 is 0 Å². The summed E-state index contributed by atoms with van der Waals surface area (Å²) in [5, 5.41) is 12.9. The van der Waals surface area contributed by atoms with Gasteiger partial charge in [-0.05, 0) is 34.5 Å². The Bertz CT molecular complexity index is 367. The Balaban J connectivity index is 2.05. The van der Waals surface area contributed by atoms with E-state index < -0.39 is 0 Å². The van der Waals surface area contributed by atoms with Gasteiger partial charge in [-0.15, -0.1) is 0 Å². The predicted octanol–water partition coefficient (Wildman–Crippen LogP) is 2.42. The van der Waals surface area contributed by atoms with Gasteiger partial charge in [-0.25, -0.2) is 4.98 Å². The molecule has 1 saturated carbocycles. The molecule has 0 aliphatic heterocycles. The molecule has 82 valence electrons. The van der Waals surface area contributed by atoms with Gasteiger partial charge < -0.3 is 10.4 Å². The zero-order chi connectivity index (χ0) is 11.1. The molecule has 2 unspecified atom stereocenters. The molecule has 3 nitrogen and oxygen atoms in total. The van der Waals surface area contributed by atoms with Crippen molar-refractivity contribution < 1.29 is 5.11 Å². The number of aromatic nitrogens is 1. The Morgan fingerprint density at radius 1 is 1.53 bits per heavy atom. The molecular formula is C11H15BrN2O. The highest BCUT2D eigenvalue weighted by Gasteiger charge is 2.47. The molecule has 2 rings (SSSR count). The number of hydrogen-bond acceptors (Lipinski definition) is 3. The number of nitrogens with one attached hydrogen (secondary N) is 1. The molecule has 2 atom stereocenters. The molecular weight excluding hydrogens is 256 g/mol. The SMILES string of the molecule is CC1(C)C(O)CC1Nc1cccc(Br)n1. The zero-order valence-corrected chi connectivity index (χ0v) is 10.5. The first-order valence-electron chi connectivity index (χ1n) is 5.07. The van der Waals surface area contributed by atoms with Crippen LogP contribution in [0.3, 0.4) is 0 Å². The van der Waals surface area contributed by atoms with Crippen LogP contribution in [0.4, 0.5) is 5.82 Å². The standard InChI is InChI=1S/C11H15BrN2O/c1-11(2)7(6-8(11)15)13-10-5-3-4-9(12)14-10/h3-5,7-8,15H,6H2,1-2H3,(H,13,14). The molecule has 4 heteroatoms. The van der Waals surface area contributed by atoms with Gasteiger partial charge in [0.05, 0.1) is 6.10 Å². The predicted molar refractivity (Wildman–Crippen MR) is 63.8 cm³/mol. The van der Waals surface area contributed by atoms with E-state index in [0.717, 1.165) is 16.8 Å². The third kappa shape index (κ3) is 2.01. The van der Waals surface area contributed by atoms with Gasteiger partial charge in [0, 0.05) is 11.5 Å². The van der Waals surface area contributed by atoms with Crippen LogP contribution in [0.2, 0.25) is 0 Å². The van der Waals surface area contributed by atoms with E-state index >= 15 is 0 Å². The van der Waals surface area contributed by atoms with Gasteiger partial charge in [0.25, 0.3) is 0 Å². The number of hydrogen-bond donors (Lipinski definition) is 2. The Morgan fingerprint density at radius 3 is 2.80 bits per heavy atom. The van der Waals surface area contributed by atoms with Crippen LogP contribution in [0, 0.1) is 5.41 Å². The minimum atomic E-state index is -0.206. The fraction of sp³-hybridized carbons (Fsp3) is 0.545. The van der Waals surface area contributed by atoms with Gasteiger partial charge in [-0.3, -0.25) is 0 Å². The lowest BCUT2D eigenvalue weighted by Gasteiger charge is -2.49. The van der Waals surface area contributed by atoms with Crippen LogP contribution in [-0.4, -0.2) is 22.2 Å². The van der Waals surface area contributed by atoms with E-state index in [9.17, 15) is 5.11 Å². The summed E-state index contributed by atoms with van der Waals surface area (Å²) in [5.74, 6) is 0.856. The van der Waals surface area contributed by atoms with Crippen molar-refractivity contribution in [2.24, 2.45) is 5.41 Å². The molecule has 0 spiro atoms. The first-order chi connectivity index (χ1) is 7.00. The first-order valence-corrected chi connectivity index (χ1v) is 5.86. The van der Waals surface area contributed by atoms with Crippen LogP contribution >= 0.6 is 15.9 Å². The molecule has 1 aliphatic carbocycles. The minimum Gasteiger partial charge on any atom is -0.392 e. The summed E-state index contributed by atoms with van der Waals surface area (Å²) in [5.41, 5.74) is -0.0655. The summed E-state index contributed by atoms with van der Waals surface area (Å²) >= 11 is 3.33. The van der Waals surface area contributed by atoms with Crippen molar-refractivity contribution in [3.63, 3.8) is 0 Å². The smallest absolute Gasteiger partial charge is 0.127 e. The number of halogens is 1. The Morgan fingerprint density at radius 2 is 2.27 bits per heavy atom. The second-order valence-corrected chi connectivity index (χ2v) is 5.43. The van der Waals surface area contributed by atoms with E-state index in [-0.39, 0.29) is 11.5 Å². The van der Waals surface area contributed by atoms with Crippen molar-refractivity contribution in [3.8, 4) is 0 Å². The third-order valence-electron chi connectivity index (χ3n) is 3.25. The molecule has 1 fully saturated rings. The van der Waals surface area contributed by atoms with E-state index in [1.165, 1.54) is 0 Å². The number of aliphatic hydroxyl groups excluding tert-OH is 1. The molecule has 0 aromatic carbocycles. The normalized spacial score (nSPS) is 28.3. The molecule has 0 saturated heterocycles. The maximum atomic E-state index is 9.61. The summed E-state index contributed by atoms with van der Waals surface area (Å²) in [4.78, 5) is 4.31. The van der Waals surface area contributed by atoms with Crippen LogP contribution in [0.25, 0.3) is 0 Å². The van der Waals surface area contributed by atoms with E-state index in [1.807, 2.05) is 18.2 Å². The van der Waals surface area contributed by atoms with Crippen molar-refractivity contribution >= 4 is 21.7 Å². The average molecular weight is 271 g/mol. The molecule has 1 heterocycles. The molecule has 1 aromatic rings. The van der Waals surface area contributed by atoms with Gasteiger partial charge in [0.15, 0.2) is 0 Å². The summed E-state index contributed by atoms with van der Waals surface area (Å²) < 4.78 is 0.824. The summed E-state index contributed by atoms with van der Waals surface area (Å²) in [6.45, 7) is 4.13. The maximum absolute atomic E-state index is 9.61. The zero-order valence-electron chi connectivity index (χ0n) is 8.87. The van der Waals surface area contributed by atoms with Crippen LogP contribution in [0.1, 0.15) is 20.3 Å². The largest absolute Gasteiger partial charge is 0.392 e. The first kappa shape index (κ1) is 10.9. The lowest BCUT2D eigenvalue weighted by molar-refractivity contribution is -0.0511. The number of anilines is 1. The van der Waals surface area contributed by atoms with Gasteiger partial charge in [-0.1, -0.05) is 19.9 Å². The van der Waals surface area contributed by atoms with Crippen LogP contribution in [0.15, 0.2) is 22.8 Å². The van der Waals surface area contributed by atoms with Crippen molar-refractivity contribution in [3.05, 3.63) is 22.8 Å². The van der Waals surface area contributed by atoms with Crippen LogP contribution in [0.5, 0.6) is 0 Å². The van der Waals surface area contributed by atoms with Crippen molar-refractivity contribution in [2.45, 2.75) is 32.4 Å². The Kier molecular flexibility index (Phi) is 2.73. The maximum Gasteiger partial charge on any atom is 0.127 e. The molecule has 0 bridgehead atoms. The number of rotatable bonds is 2. The van der Waals surface area contributed by atoms with Crippen molar-refractivity contribution in [1.82, 2.24) is 4.98 Å². The molecule has 0 radical (unpaired) electrons. The van der Waals surface area contributed by atoms with Crippen molar-refractivity contribution in [2.75, 3.05) is 5.32 Å². The third-order valence-corrected chi connectivity index (χ3v) is 3.69. The van der Waals surface area contributed by atoms with E-state index in [2.05, 4.69) is 40.1 Å². The molecule has 0 amide bonds. The number of pyridine rings is 1. The van der Waals surface area contributed by atoms with Crippen LogP contribution in [-0.2, 0) is 0 Å². The van der Waals surface area contributed by atoms with E-state index in [0.29, 0.717) is 6.04 Å². The Hall–Kier alpha value is -0.610. The molecule has 15 heavy (non-hydrogen) atoms. The second kappa shape index (κ2) is 3.76. The second-order valence-electron chi connectivity index (χ2n) is 4.62. The van der Waals surface area contributed by atoms with Gasteiger partial charge in [0.2, 0.25) is 0 Å². The Labute approximate surface area is 98.0 Å². The highest BCUT2D eigenvalue weighted by atomic mass is 79.9. The van der Waals surface area contributed by atoms with E-state index in [4.69, 9.17) is 0 Å². The fourth-order valence-electron chi connectivity index (χ4n) is 1.81. The van der Waals surface area contributed by atoms with Gasteiger partial charge in [0.1, 0.15) is 10.4 Å². The van der Waals surface area contributed by atoms with Crippen molar-refractivity contribution in [1.29, 1.82) is 0 Å². The highest BCUT2D eigenvalue weighted by molar-refractivity contribution is 9.10. The summed E-state index contributed by atoms with van der Waals surface area (Å²) in [7, 11) is 0. The quantitative estimate of drug-likeness (QED) is 0.812. The van der Waals surface area contributed by atoms with Crippen LogP contribution < -0.4 is 5.32 Å². The summed E-state index contributed by atoms with van der Waals surface area (Å²) in [6, 6.07) is 6.08. The molecule has 1 aliphatic rings. The lowest BCUT2D eigenvalue weighted by atomic mass is 9.64. The number of nitrogens with zero attached hydrogens (tertiary/aromatic N) is 1. The molecule has 2 N–H and O–H groups in total. The monoisotopic (exact) mass is 270 g/mol. The fourth-order valence-corrected chi connectivity index (χ4v) is 2.16. The van der Waals surface area contributed by atoms with E-state index in [1.54, 1.807) is 0 Å². The van der Waals surface area contributed by atoms with Gasteiger partial charge in [-0.2, -0.15) is 0 Å².